The molecule has 1 saturated heterocycles. The molecule has 1 aliphatic carbocycles. The van der Waals surface area contributed by atoms with Crippen molar-refractivity contribution in [3.63, 3.8) is 0 Å². The lowest BCUT2D eigenvalue weighted by Crippen LogP contribution is -2.45. The highest BCUT2D eigenvalue weighted by Crippen LogP contribution is 2.36. The molecule has 134 valence electrons. The molecule has 6 nitrogen and oxygen atoms in total. The average molecular weight is 360 g/mol. The summed E-state index contributed by atoms with van der Waals surface area (Å²) in [4.78, 5) is 14.7. The summed E-state index contributed by atoms with van der Waals surface area (Å²) in [7, 11) is 1.90. The fraction of sp³-hybridized carbons (Fsp3) is 0.611. The van der Waals surface area contributed by atoms with Gasteiger partial charge in [-0.05, 0) is 36.8 Å². The number of thioether (sulfide) groups is 1. The second-order valence-corrected chi connectivity index (χ2v) is 8.01. The van der Waals surface area contributed by atoms with Crippen molar-refractivity contribution < 1.29 is 9.21 Å². The Morgan fingerprint density at radius 3 is 2.92 bits per heavy atom. The maximum Gasteiger partial charge on any atom is 0.233 e. The van der Waals surface area contributed by atoms with Gasteiger partial charge in [-0.1, -0.05) is 31.0 Å². The first kappa shape index (κ1) is 16.7. The number of hydrogen-bond donors (Lipinski definition) is 0. The lowest BCUT2D eigenvalue weighted by molar-refractivity contribution is -0.131. The maximum atomic E-state index is 12.6. The van der Waals surface area contributed by atoms with Crippen LogP contribution in [0.15, 0.2) is 28.0 Å². The van der Waals surface area contributed by atoms with E-state index >= 15 is 0 Å². The second-order valence-electron chi connectivity index (χ2n) is 7.06. The third-order valence-corrected chi connectivity index (χ3v) is 6.55. The fourth-order valence-corrected chi connectivity index (χ4v) is 4.92. The van der Waals surface area contributed by atoms with Gasteiger partial charge in [0.1, 0.15) is 0 Å². The molecule has 2 fully saturated rings. The van der Waals surface area contributed by atoms with Crippen molar-refractivity contribution in [3.05, 3.63) is 18.4 Å². The van der Waals surface area contributed by atoms with E-state index in [1.165, 1.54) is 43.9 Å². The number of nitrogens with zero attached hydrogens (tertiary/aromatic N) is 4. The number of furan rings is 1. The minimum atomic E-state index is 0.219. The molecular weight excluding hydrogens is 336 g/mol. The third kappa shape index (κ3) is 3.47. The van der Waals surface area contributed by atoms with Crippen LogP contribution in [0.1, 0.15) is 32.1 Å². The highest BCUT2D eigenvalue weighted by molar-refractivity contribution is 7.99. The summed E-state index contributed by atoms with van der Waals surface area (Å²) >= 11 is 1.45. The van der Waals surface area contributed by atoms with Crippen molar-refractivity contribution in [1.29, 1.82) is 0 Å². The number of hydrogen-bond acceptors (Lipinski definition) is 5. The molecule has 25 heavy (non-hydrogen) atoms. The highest BCUT2D eigenvalue weighted by atomic mass is 32.2. The Hall–Kier alpha value is -1.76. The van der Waals surface area contributed by atoms with Crippen LogP contribution in [0.4, 0.5) is 0 Å². The van der Waals surface area contributed by atoms with E-state index in [0.717, 1.165) is 30.1 Å². The smallest absolute Gasteiger partial charge is 0.233 e. The Morgan fingerprint density at radius 2 is 2.12 bits per heavy atom. The van der Waals surface area contributed by atoms with E-state index in [4.69, 9.17) is 4.42 Å². The van der Waals surface area contributed by atoms with Crippen molar-refractivity contribution >= 4 is 17.7 Å². The molecule has 2 atom stereocenters. The largest absolute Gasteiger partial charge is 0.461 e. The molecule has 1 aliphatic heterocycles. The quantitative estimate of drug-likeness (QED) is 0.784. The minimum Gasteiger partial charge on any atom is -0.461 e. The Kier molecular flexibility index (Phi) is 4.83. The summed E-state index contributed by atoms with van der Waals surface area (Å²) in [5.74, 6) is 3.57. The van der Waals surface area contributed by atoms with Gasteiger partial charge in [0.2, 0.25) is 5.91 Å². The van der Waals surface area contributed by atoms with Gasteiger partial charge in [-0.3, -0.25) is 4.79 Å². The Morgan fingerprint density at radius 1 is 1.28 bits per heavy atom. The number of fused-ring (bicyclic) bond motifs is 1. The number of piperidine rings is 1. The van der Waals surface area contributed by atoms with E-state index in [1.807, 2.05) is 23.7 Å². The molecule has 0 radical (unpaired) electrons. The summed E-state index contributed by atoms with van der Waals surface area (Å²) in [5, 5.41) is 9.12. The van der Waals surface area contributed by atoms with Crippen LogP contribution < -0.4 is 0 Å². The predicted octanol–water partition coefficient (Wildman–Crippen LogP) is 3.21. The molecule has 2 aliphatic rings. The lowest BCUT2D eigenvalue weighted by Gasteiger charge is -2.41. The summed E-state index contributed by atoms with van der Waals surface area (Å²) in [5.41, 5.74) is 0. The Labute approximate surface area is 152 Å². The zero-order valence-corrected chi connectivity index (χ0v) is 15.4. The summed E-state index contributed by atoms with van der Waals surface area (Å²) in [6.07, 6.45) is 8.14. The van der Waals surface area contributed by atoms with Crippen molar-refractivity contribution in [1.82, 2.24) is 19.7 Å². The van der Waals surface area contributed by atoms with Gasteiger partial charge in [0.25, 0.3) is 0 Å². The zero-order chi connectivity index (χ0) is 17.2. The molecule has 4 rings (SSSR count). The molecular formula is C18H24N4O2S. The van der Waals surface area contributed by atoms with E-state index in [1.54, 1.807) is 6.26 Å². The van der Waals surface area contributed by atoms with Gasteiger partial charge in [0.15, 0.2) is 16.7 Å². The highest BCUT2D eigenvalue weighted by Gasteiger charge is 2.32. The normalized spacial score (nSPS) is 23.5. The number of carbonyl (C=O) groups is 1. The Bertz CT molecular complexity index is 728. The van der Waals surface area contributed by atoms with Gasteiger partial charge in [0, 0.05) is 20.1 Å². The minimum absolute atomic E-state index is 0.219. The topological polar surface area (TPSA) is 64.2 Å². The number of aromatic nitrogens is 3. The van der Waals surface area contributed by atoms with Crippen LogP contribution in [0, 0.1) is 11.8 Å². The van der Waals surface area contributed by atoms with E-state index in [2.05, 4.69) is 15.1 Å². The third-order valence-electron chi connectivity index (χ3n) is 5.55. The zero-order valence-electron chi connectivity index (χ0n) is 14.6. The van der Waals surface area contributed by atoms with Gasteiger partial charge in [0.05, 0.1) is 12.0 Å². The van der Waals surface area contributed by atoms with Gasteiger partial charge in [-0.2, -0.15) is 0 Å². The van der Waals surface area contributed by atoms with Crippen LogP contribution in [-0.2, 0) is 11.8 Å². The molecule has 1 saturated carbocycles. The molecule has 3 heterocycles. The molecule has 7 heteroatoms. The van der Waals surface area contributed by atoms with Gasteiger partial charge in [-0.15, -0.1) is 10.2 Å². The number of amides is 1. The van der Waals surface area contributed by atoms with Crippen molar-refractivity contribution in [2.45, 2.75) is 37.3 Å². The van der Waals surface area contributed by atoms with Crippen LogP contribution in [0.3, 0.4) is 0 Å². The molecule has 0 N–H and O–H groups in total. The fourth-order valence-electron chi connectivity index (χ4n) is 4.11. The predicted molar refractivity (Wildman–Crippen MR) is 96.1 cm³/mol. The van der Waals surface area contributed by atoms with E-state index in [9.17, 15) is 4.79 Å². The molecule has 1 amide bonds. The molecule has 2 aromatic rings. The van der Waals surface area contributed by atoms with Crippen LogP contribution in [0.25, 0.3) is 11.6 Å². The standard InChI is InChI=1S/C18H24N4O2S/c1-21-17(15-7-4-10-24-15)19-20-18(21)25-12-16(23)22-9-8-13-5-2-3-6-14(13)11-22/h4,7,10,13-14H,2-3,5-6,8-9,11-12H2,1H3/t13-,14-/m1/s1. The molecule has 0 unspecified atom stereocenters. The van der Waals surface area contributed by atoms with Crippen molar-refractivity contribution in [2.75, 3.05) is 18.8 Å². The number of likely N-dealkylation sites (tertiary alicyclic amines) is 1. The monoisotopic (exact) mass is 360 g/mol. The molecule has 0 spiro atoms. The first-order chi connectivity index (χ1) is 12.2. The average Bonchev–Trinajstić information content (AvgIpc) is 3.29. The number of rotatable bonds is 4. The Balaban J connectivity index is 1.35. The molecule has 0 aromatic carbocycles. The second kappa shape index (κ2) is 7.23. The van der Waals surface area contributed by atoms with E-state index in [-0.39, 0.29) is 5.91 Å². The van der Waals surface area contributed by atoms with Crippen LogP contribution in [0.5, 0.6) is 0 Å². The summed E-state index contributed by atoms with van der Waals surface area (Å²) in [6, 6.07) is 3.69. The molecule has 0 bridgehead atoms. The van der Waals surface area contributed by atoms with Gasteiger partial charge >= 0.3 is 0 Å². The first-order valence-electron chi connectivity index (χ1n) is 9.06. The van der Waals surface area contributed by atoms with Crippen molar-refractivity contribution in [3.8, 4) is 11.6 Å². The van der Waals surface area contributed by atoms with E-state index in [0.29, 0.717) is 17.3 Å². The SMILES string of the molecule is Cn1c(SCC(=O)N2CC[C@H]3CCCC[C@@H]3C2)nnc1-c1ccco1. The number of carbonyl (C=O) groups excluding carboxylic acids is 1. The van der Waals surface area contributed by atoms with Crippen LogP contribution >= 0.6 is 11.8 Å². The first-order valence-corrected chi connectivity index (χ1v) is 10.0. The van der Waals surface area contributed by atoms with Gasteiger partial charge in [-0.25, -0.2) is 0 Å². The summed E-state index contributed by atoms with van der Waals surface area (Å²) < 4.78 is 7.26. The van der Waals surface area contributed by atoms with Crippen molar-refractivity contribution in [2.24, 2.45) is 18.9 Å². The van der Waals surface area contributed by atoms with Gasteiger partial charge < -0.3 is 13.9 Å². The molecule has 2 aromatic heterocycles. The van der Waals surface area contributed by atoms with Crippen LogP contribution in [-0.4, -0.2) is 44.4 Å². The van der Waals surface area contributed by atoms with E-state index < -0.39 is 0 Å². The summed E-state index contributed by atoms with van der Waals surface area (Å²) in [6.45, 7) is 1.86. The lowest BCUT2D eigenvalue weighted by atomic mass is 9.75. The maximum absolute atomic E-state index is 12.6. The van der Waals surface area contributed by atoms with Crippen LogP contribution in [0.2, 0.25) is 0 Å².